The van der Waals surface area contributed by atoms with Crippen molar-refractivity contribution in [1.29, 1.82) is 0 Å². The largest absolute Gasteiger partial charge is 0.454 e. The van der Waals surface area contributed by atoms with Crippen LogP contribution < -0.4 is 10.4 Å². The van der Waals surface area contributed by atoms with Gasteiger partial charge in [0, 0.05) is 45.0 Å². The number of aliphatic hydroxyl groups is 2. The van der Waals surface area contributed by atoms with Crippen LogP contribution in [-0.2, 0) is 34.2 Å². The van der Waals surface area contributed by atoms with Crippen LogP contribution in [0.3, 0.4) is 0 Å². The molecule has 2 aliphatic carbocycles. The number of para-hydroxylation sites is 1. The van der Waals surface area contributed by atoms with Gasteiger partial charge >= 0.3 is 18.0 Å². The minimum absolute atomic E-state index is 0.0383. The summed E-state index contributed by atoms with van der Waals surface area (Å²) in [5.41, 5.74) is -1.50. The normalized spacial score (nSPS) is 35.6. The molecule has 3 N–H and O–H groups in total. The summed E-state index contributed by atoms with van der Waals surface area (Å²) >= 11 is 6.43. The number of hydrogen-bond acceptors (Lipinski definition) is 11. The Balaban J connectivity index is 1.45. The molecule has 1 unspecified atom stereocenters. The van der Waals surface area contributed by atoms with Gasteiger partial charge in [0.25, 0.3) is 0 Å². The summed E-state index contributed by atoms with van der Waals surface area (Å²) in [5.74, 6) is -2.18. The van der Waals surface area contributed by atoms with Crippen LogP contribution in [0.5, 0.6) is 0 Å². The Labute approximate surface area is 274 Å². The molecule has 12 nitrogen and oxygen atoms in total. The average Bonchev–Trinajstić information content (AvgIpc) is 3.36. The lowest BCUT2D eigenvalue weighted by Gasteiger charge is -2.56. The SMILES string of the molecule is CCN(CC(C)[C@@H]1CC[C@@H](C)[C@@]2(O)[C@@H]1C=C(C)[C@H](OC(C)=O)[C@@H]2OC(=O)[C@@H]1C[C@@]2(O)c3cccc(Cl)c3N(C)O[C@H]2N1)C(=O)OC. The van der Waals surface area contributed by atoms with Crippen LogP contribution in [0.15, 0.2) is 29.8 Å². The molecule has 1 saturated heterocycles. The van der Waals surface area contributed by atoms with Crippen molar-refractivity contribution in [3.63, 3.8) is 0 Å². The molecule has 0 radical (unpaired) electrons. The van der Waals surface area contributed by atoms with Crippen LogP contribution in [0.4, 0.5) is 10.5 Å². The van der Waals surface area contributed by atoms with Gasteiger partial charge in [0.15, 0.2) is 18.4 Å². The maximum Gasteiger partial charge on any atom is 0.409 e. The summed E-state index contributed by atoms with van der Waals surface area (Å²) in [6.07, 6.45) is -0.357. The highest BCUT2D eigenvalue weighted by Crippen LogP contribution is 2.53. The molecule has 46 heavy (non-hydrogen) atoms. The van der Waals surface area contributed by atoms with Crippen molar-refractivity contribution in [3.8, 4) is 0 Å². The lowest BCUT2D eigenvalue weighted by atomic mass is 9.55. The van der Waals surface area contributed by atoms with Crippen LogP contribution in [-0.4, -0.2) is 90.5 Å². The summed E-state index contributed by atoms with van der Waals surface area (Å²) in [4.78, 5) is 46.2. The van der Waals surface area contributed by atoms with E-state index in [4.69, 9.17) is 30.6 Å². The fourth-order valence-electron chi connectivity index (χ4n) is 8.10. The first-order valence-corrected chi connectivity index (χ1v) is 16.3. The Kier molecular flexibility index (Phi) is 9.70. The van der Waals surface area contributed by atoms with Crippen molar-refractivity contribution in [2.45, 2.75) is 89.6 Å². The second-order valence-corrected chi connectivity index (χ2v) is 13.7. The van der Waals surface area contributed by atoms with Gasteiger partial charge in [-0.05, 0) is 56.1 Å². The predicted molar refractivity (Wildman–Crippen MR) is 169 cm³/mol. The molecule has 1 aromatic carbocycles. The van der Waals surface area contributed by atoms with Crippen LogP contribution in [0.2, 0.25) is 5.02 Å². The number of anilines is 1. The minimum atomic E-state index is -1.59. The van der Waals surface area contributed by atoms with Gasteiger partial charge in [0.2, 0.25) is 0 Å². The molecule has 0 spiro atoms. The quantitative estimate of drug-likeness (QED) is 0.224. The number of carbonyl (C=O) groups is 3. The smallest absolute Gasteiger partial charge is 0.409 e. The zero-order chi connectivity index (χ0) is 33.7. The van der Waals surface area contributed by atoms with E-state index in [-0.39, 0.29) is 24.2 Å². The van der Waals surface area contributed by atoms with Gasteiger partial charge in [0.1, 0.15) is 17.2 Å². The van der Waals surface area contributed by atoms with E-state index in [0.717, 1.165) is 6.42 Å². The molecule has 5 rings (SSSR count). The van der Waals surface area contributed by atoms with E-state index in [9.17, 15) is 24.6 Å². The molecule has 1 amide bonds. The summed E-state index contributed by atoms with van der Waals surface area (Å²) in [7, 11) is 3.02. The number of hydroxylamine groups is 1. The molecular formula is C33H46ClN3O9. The van der Waals surface area contributed by atoms with E-state index in [0.29, 0.717) is 41.4 Å². The molecule has 0 aromatic heterocycles. The number of carbonyl (C=O) groups excluding carboxylic acids is 3. The molecule has 1 aromatic rings. The molecule has 0 bridgehead atoms. The van der Waals surface area contributed by atoms with Crippen molar-refractivity contribution in [2.24, 2.45) is 23.7 Å². The van der Waals surface area contributed by atoms with Gasteiger partial charge in [-0.3, -0.25) is 24.8 Å². The minimum Gasteiger partial charge on any atom is -0.454 e. The number of rotatable bonds is 7. The van der Waals surface area contributed by atoms with Gasteiger partial charge in [-0.2, -0.15) is 0 Å². The van der Waals surface area contributed by atoms with Crippen LogP contribution in [0, 0.1) is 23.7 Å². The van der Waals surface area contributed by atoms with Crippen molar-refractivity contribution in [2.75, 3.05) is 32.3 Å². The highest BCUT2D eigenvalue weighted by Gasteiger charge is 2.62. The number of halogens is 1. The van der Waals surface area contributed by atoms with Crippen LogP contribution in [0.25, 0.3) is 0 Å². The van der Waals surface area contributed by atoms with E-state index in [2.05, 4.69) is 5.32 Å². The lowest BCUT2D eigenvalue weighted by molar-refractivity contribution is -0.225. The molecule has 13 heteroatoms. The van der Waals surface area contributed by atoms with Gasteiger partial charge in [-0.25, -0.2) is 4.79 Å². The second-order valence-electron chi connectivity index (χ2n) is 13.3. The van der Waals surface area contributed by atoms with Crippen molar-refractivity contribution in [1.82, 2.24) is 10.2 Å². The van der Waals surface area contributed by atoms with Gasteiger partial charge in [0.05, 0.1) is 17.8 Å². The fraction of sp³-hybridized carbons (Fsp3) is 0.667. The number of esters is 2. The molecule has 2 heterocycles. The number of benzene rings is 1. The number of hydrogen-bond donors (Lipinski definition) is 3. The molecule has 254 valence electrons. The maximum atomic E-state index is 14.0. The molecular weight excluding hydrogens is 618 g/mol. The second kappa shape index (κ2) is 13.0. The number of methoxy groups -OCH3 is 1. The zero-order valence-corrected chi connectivity index (χ0v) is 28.2. The third-order valence-corrected chi connectivity index (χ3v) is 10.9. The summed E-state index contributed by atoms with van der Waals surface area (Å²) in [5, 5.41) is 29.4. The first kappa shape index (κ1) is 34.4. The summed E-state index contributed by atoms with van der Waals surface area (Å²) in [6, 6.07) is 4.15. The van der Waals surface area contributed by atoms with Crippen molar-refractivity contribution in [3.05, 3.63) is 40.4 Å². The molecule has 4 aliphatic rings. The number of nitrogens with zero attached hydrogens (tertiary/aromatic N) is 2. The topological polar surface area (TPSA) is 147 Å². The highest BCUT2D eigenvalue weighted by molar-refractivity contribution is 6.33. The standard InChI is InChI=1S/C33H46ClN3O9/c1-8-37(31(40)43-7)16-18(3)21-13-12-19(4)33(42)23(21)14-17(2)27(44-20(5)38)28(33)45-29(39)25-15-32(41)22-10-9-11-24(34)26(22)36(6)46-30(32)35-25/h9-11,14,18-19,21,23,25,27-28,30,35,41-42H,8,12-13,15-16H2,1-7H3/t18?,19-,21+,23-,25+,27+,28+,30-,32-,33-/m1/s1. The fourth-order valence-corrected chi connectivity index (χ4v) is 8.40. The van der Waals surface area contributed by atoms with Crippen molar-refractivity contribution < 1.29 is 43.6 Å². The molecule has 2 fully saturated rings. The predicted octanol–water partition coefficient (Wildman–Crippen LogP) is 3.52. The van der Waals surface area contributed by atoms with E-state index < -0.39 is 59.6 Å². The third kappa shape index (κ3) is 5.76. The third-order valence-electron chi connectivity index (χ3n) is 10.5. The van der Waals surface area contributed by atoms with E-state index in [1.54, 1.807) is 37.1 Å². The summed E-state index contributed by atoms with van der Waals surface area (Å²) in [6.45, 7) is 9.81. The van der Waals surface area contributed by atoms with Gasteiger partial charge < -0.3 is 29.3 Å². The Morgan fingerprint density at radius 1 is 1.24 bits per heavy atom. The monoisotopic (exact) mass is 663 g/mol. The number of fused-ring (bicyclic) bond motifs is 4. The Morgan fingerprint density at radius 3 is 2.61 bits per heavy atom. The Bertz CT molecular complexity index is 1390. The van der Waals surface area contributed by atoms with E-state index in [1.165, 1.54) is 19.1 Å². The summed E-state index contributed by atoms with van der Waals surface area (Å²) < 4.78 is 16.9. The van der Waals surface area contributed by atoms with Crippen LogP contribution in [0.1, 0.15) is 59.4 Å². The Morgan fingerprint density at radius 2 is 1.96 bits per heavy atom. The van der Waals surface area contributed by atoms with Gasteiger partial charge in [-0.1, -0.05) is 43.7 Å². The van der Waals surface area contributed by atoms with Crippen molar-refractivity contribution >= 4 is 35.3 Å². The first-order valence-electron chi connectivity index (χ1n) is 16.0. The number of ether oxygens (including phenoxy) is 3. The van der Waals surface area contributed by atoms with E-state index >= 15 is 0 Å². The van der Waals surface area contributed by atoms with Gasteiger partial charge in [-0.15, -0.1) is 0 Å². The maximum absolute atomic E-state index is 14.0. The molecule has 2 aliphatic heterocycles. The average molecular weight is 664 g/mol. The lowest BCUT2D eigenvalue weighted by Crippen LogP contribution is -2.66. The number of amides is 1. The Hall–Kier alpha value is -2.90. The first-order chi connectivity index (χ1) is 21.7. The van der Waals surface area contributed by atoms with Crippen LogP contribution >= 0.6 is 11.6 Å². The molecule has 10 atom stereocenters. The van der Waals surface area contributed by atoms with E-state index in [1.807, 2.05) is 26.8 Å². The molecule has 1 saturated carbocycles. The highest BCUT2D eigenvalue weighted by atomic mass is 35.5. The zero-order valence-electron chi connectivity index (χ0n) is 27.5. The number of nitrogens with one attached hydrogen (secondary N) is 1.